The van der Waals surface area contributed by atoms with Crippen molar-refractivity contribution >= 4 is 0 Å². The van der Waals surface area contributed by atoms with Crippen LogP contribution in [0.3, 0.4) is 0 Å². The van der Waals surface area contributed by atoms with E-state index in [9.17, 15) is 0 Å². The summed E-state index contributed by atoms with van der Waals surface area (Å²) >= 11 is 0. The molecule has 0 spiro atoms. The Morgan fingerprint density at radius 3 is 2.20 bits per heavy atom. The third kappa shape index (κ3) is 2.79. The number of benzene rings is 1. The Morgan fingerprint density at radius 2 is 1.60 bits per heavy atom. The number of hydrogen-bond acceptors (Lipinski definition) is 1. The molecule has 0 radical (unpaired) electrons. The Hall–Kier alpha value is -0.820. The Morgan fingerprint density at radius 1 is 0.950 bits per heavy atom. The number of nitrogens with two attached hydrogens (primary N) is 1. The summed E-state index contributed by atoms with van der Waals surface area (Å²) in [5.74, 6) is 0.755. The molecular weight excluding hydrogens is 242 g/mol. The minimum absolute atomic E-state index is 0.0373. The first kappa shape index (κ1) is 14.1. The summed E-state index contributed by atoms with van der Waals surface area (Å²) in [6, 6.07) is 9.33. The summed E-state index contributed by atoms with van der Waals surface area (Å²) in [6.45, 7) is 4.84. The molecule has 0 saturated heterocycles. The van der Waals surface area contributed by atoms with E-state index in [0.717, 1.165) is 18.8 Å². The van der Waals surface area contributed by atoms with Gasteiger partial charge in [-0.15, -0.1) is 0 Å². The van der Waals surface area contributed by atoms with Crippen molar-refractivity contribution in [3.63, 3.8) is 0 Å². The highest BCUT2D eigenvalue weighted by Crippen LogP contribution is 2.44. The molecule has 2 aliphatic carbocycles. The van der Waals surface area contributed by atoms with Gasteiger partial charge in [0.1, 0.15) is 0 Å². The van der Waals surface area contributed by atoms with E-state index in [1.165, 1.54) is 49.7 Å². The van der Waals surface area contributed by atoms with Crippen molar-refractivity contribution in [2.45, 2.75) is 76.7 Å². The molecular formula is C19H29N. The van der Waals surface area contributed by atoms with Crippen LogP contribution in [0, 0.1) is 5.41 Å². The van der Waals surface area contributed by atoms with E-state index < -0.39 is 0 Å². The van der Waals surface area contributed by atoms with Gasteiger partial charge < -0.3 is 5.73 Å². The van der Waals surface area contributed by atoms with E-state index in [1.54, 1.807) is 0 Å². The summed E-state index contributed by atoms with van der Waals surface area (Å²) in [7, 11) is 0. The fraction of sp³-hybridized carbons (Fsp3) is 0.684. The molecule has 1 heteroatoms. The Balaban J connectivity index is 1.76. The molecule has 2 fully saturated rings. The smallest absolute Gasteiger partial charge is 0.0409 e. The molecule has 2 N–H and O–H groups in total. The van der Waals surface area contributed by atoms with Gasteiger partial charge in [-0.05, 0) is 54.6 Å². The maximum atomic E-state index is 6.55. The van der Waals surface area contributed by atoms with Crippen LogP contribution >= 0.6 is 0 Å². The first-order chi connectivity index (χ1) is 9.49. The fourth-order valence-corrected chi connectivity index (χ4v) is 4.36. The van der Waals surface area contributed by atoms with Gasteiger partial charge in [-0.3, -0.25) is 0 Å². The zero-order valence-corrected chi connectivity index (χ0v) is 13.1. The molecule has 2 aliphatic rings. The highest BCUT2D eigenvalue weighted by Gasteiger charge is 2.32. The van der Waals surface area contributed by atoms with Gasteiger partial charge in [-0.2, -0.15) is 0 Å². The van der Waals surface area contributed by atoms with Gasteiger partial charge in [0.2, 0.25) is 0 Å². The van der Waals surface area contributed by atoms with E-state index in [-0.39, 0.29) is 5.54 Å². The molecule has 1 aromatic carbocycles. The SMILES string of the molecule is CC1(C)CCCC(c2ccc(C3(N)CCCC3)cc2)C1. The summed E-state index contributed by atoms with van der Waals surface area (Å²) in [5.41, 5.74) is 9.92. The molecule has 110 valence electrons. The Kier molecular flexibility index (Phi) is 3.66. The van der Waals surface area contributed by atoms with Crippen molar-refractivity contribution in [1.29, 1.82) is 0 Å². The van der Waals surface area contributed by atoms with Gasteiger partial charge >= 0.3 is 0 Å². The molecule has 20 heavy (non-hydrogen) atoms. The first-order valence-corrected chi connectivity index (χ1v) is 8.38. The lowest BCUT2D eigenvalue weighted by atomic mass is 9.70. The molecule has 0 aliphatic heterocycles. The molecule has 0 bridgehead atoms. The molecule has 2 saturated carbocycles. The van der Waals surface area contributed by atoms with Crippen LogP contribution in [-0.4, -0.2) is 0 Å². The lowest BCUT2D eigenvalue weighted by molar-refractivity contribution is 0.219. The van der Waals surface area contributed by atoms with Crippen LogP contribution in [-0.2, 0) is 5.54 Å². The Labute approximate surface area is 124 Å². The van der Waals surface area contributed by atoms with Crippen LogP contribution in [0.4, 0.5) is 0 Å². The normalized spacial score (nSPS) is 28.4. The molecule has 0 heterocycles. The number of rotatable bonds is 2. The summed E-state index contributed by atoms with van der Waals surface area (Å²) in [6.07, 6.45) is 10.3. The van der Waals surface area contributed by atoms with Gasteiger partial charge in [-0.25, -0.2) is 0 Å². The van der Waals surface area contributed by atoms with E-state index in [0.29, 0.717) is 5.41 Å². The highest BCUT2D eigenvalue weighted by molar-refractivity contribution is 5.31. The predicted octanol–water partition coefficient (Wildman–Crippen LogP) is 5.10. The van der Waals surface area contributed by atoms with E-state index in [2.05, 4.69) is 38.1 Å². The summed E-state index contributed by atoms with van der Waals surface area (Å²) < 4.78 is 0. The monoisotopic (exact) mass is 271 g/mol. The van der Waals surface area contributed by atoms with E-state index in [4.69, 9.17) is 5.73 Å². The second-order valence-corrected chi connectivity index (χ2v) is 7.94. The van der Waals surface area contributed by atoms with Gasteiger partial charge in [0.15, 0.2) is 0 Å². The molecule has 3 rings (SSSR count). The zero-order valence-electron chi connectivity index (χ0n) is 13.1. The third-order valence-electron chi connectivity index (χ3n) is 5.66. The van der Waals surface area contributed by atoms with E-state index in [1.807, 2.05) is 0 Å². The van der Waals surface area contributed by atoms with Gasteiger partial charge in [0.25, 0.3) is 0 Å². The van der Waals surface area contributed by atoms with Crippen molar-refractivity contribution in [3.05, 3.63) is 35.4 Å². The third-order valence-corrected chi connectivity index (χ3v) is 5.66. The second kappa shape index (κ2) is 5.18. The van der Waals surface area contributed by atoms with Crippen LogP contribution in [0.25, 0.3) is 0 Å². The topological polar surface area (TPSA) is 26.0 Å². The zero-order chi connectivity index (χ0) is 14.2. The van der Waals surface area contributed by atoms with Crippen LogP contribution in [0.15, 0.2) is 24.3 Å². The largest absolute Gasteiger partial charge is 0.321 e. The summed E-state index contributed by atoms with van der Waals surface area (Å²) in [4.78, 5) is 0. The van der Waals surface area contributed by atoms with Gasteiger partial charge in [0.05, 0.1) is 0 Å². The average Bonchev–Trinajstić information content (AvgIpc) is 2.86. The van der Waals surface area contributed by atoms with Crippen molar-refractivity contribution < 1.29 is 0 Å². The maximum absolute atomic E-state index is 6.55. The van der Waals surface area contributed by atoms with Crippen molar-refractivity contribution in [2.24, 2.45) is 11.1 Å². The summed E-state index contributed by atoms with van der Waals surface area (Å²) in [5, 5.41) is 0. The van der Waals surface area contributed by atoms with Crippen molar-refractivity contribution in [2.75, 3.05) is 0 Å². The molecule has 0 amide bonds. The predicted molar refractivity (Wildman–Crippen MR) is 85.8 cm³/mol. The number of hydrogen-bond donors (Lipinski definition) is 1. The minimum Gasteiger partial charge on any atom is -0.321 e. The quantitative estimate of drug-likeness (QED) is 0.795. The highest BCUT2D eigenvalue weighted by atomic mass is 14.8. The van der Waals surface area contributed by atoms with Crippen LogP contribution in [0.5, 0.6) is 0 Å². The van der Waals surface area contributed by atoms with Crippen molar-refractivity contribution in [3.8, 4) is 0 Å². The van der Waals surface area contributed by atoms with E-state index >= 15 is 0 Å². The standard InChI is InChI=1S/C19H29N/c1-18(2)11-5-6-16(14-18)15-7-9-17(10-8-15)19(20)12-3-4-13-19/h7-10,16H,3-6,11-14,20H2,1-2H3. The van der Waals surface area contributed by atoms with Crippen LogP contribution in [0.1, 0.15) is 82.3 Å². The second-order valence-electron chi connectivity index (χ2n) is 7.94. The van der Waals surface area contributed by atoms with Gasteiger partial charge in [0, 0.05) is 5.54 Å². The molecule has 1 atom stereocenters. The molecule has 0 aromatic heterocycles. The average molecular weight is 271 g/mol. The van der Waals surface area contributed by atoms with Crippen molar-refractivity contribution in [1.82, 2.24) is 0 Å². The fourth-order valence-electron chi connectivity index (χ4n) is 4.36. The molecule has 1 aromatic rings. The van der Waals surface area contributed by atoms with Crippen LogP contribution in [0.2, 0.25) is 0 Å². The maximum Gasteiger partial charge on any atom is 0.0409 e. The lowest BCUT2D eigenvalue weighted by Gasteiger charge is -2.35. The molecule has 1 unspecified atom stereocenters. The molecule has 1 nitrogen and oxygen atoms in total. The first-order valence-electron chi connectivity index (χ1n) is 8.38. The Bertz CT molecular complexity index is 451. The van der Waals surface area contributed by atoms with Gasteiger partial charge in [-0.1, -0.05) is 57.4 Å². The van der Waals surface area contributed by atoms with Crippen LogP contribution < -0.4 is 5.73 Å². The minimum atomic E-state index is -0.0373. The lowest BCUT2D eigenvalue weighted by Crippen LogP contribution is -2.33.